The highest BCUT2D eigenvalue weighted by molar-refractivity contribution is 8.00. The molecule has 2 aromatic carbocycles. The summed E-state index contributed by atoms with van der Waals surface area (Å²) in [5.41, 5.74) is 1.39. The summed E-state index contributed by atoms with van der Waals surface area (Å²) in [5, 5.41) is 13.8. The van der Waals surface area contributed by atoms with Crippen LogP contribution in [0.2, 0.25) is 0 Å². The maximum atomic E-state index is 13.1. The van der Waals surface area contributed by atoms with E-state index in [4.69, 9.17) is 0 Å². The first-order valence-electron chi connectivity index (χ1n) is 8.67. The van der Waals surface area contributed by atoms with Crippen LogP contribution in [0.4, 0.5) is 11.4 Å². The number of para-hydroxylation sites is 2. The lowest BCUT2D eigenvalue weighted by atomic mass is 10.2. The number of anilines is 2. The highest BCUT2D eigenvalue weighted by atomic mass is 32.2. The topological polar surface area (TPSA) is 75.2 Å². The molecule has 0 saturated carbocycles. The van der Waals surface area contributed by atoms with Crippen LogP contribution in [0.3, 0.4) is 0 Å². The van der Waals surface area contributed by atoms with Crippen LogP contribution in [-0.2, 0) is 9.59 Å². The van der Waals surface area contributed by atoms with Gasteiger partial charge in [0, 0.05) is 23.2 Å². The van der Waals surface area contributed by atoms with Crippen molar-refractivity contribution in [1.29, 1.82) is 0 Å². The predicted molar refractivity (Wildman–Crippen MR) is 107 cm³/mol. The van der Waals surface area contributed by atoms with Crippen molar-refractivity contribution in [3.05, 3.63) is 54.7 Å². The average molecular weight is 378 g/mol. The number of rotatable bonds is 3. The minimum atomic E-state index is -0.222. The molecule has 1 aliphatic heterocycles. The lowest BCUT2D eigenvalue weighted by molar-refractivity contribution is -0.117. The van der Waals surface area contributed by atoms with E-state index < -0.39 is 0 Å². The summed E-state index contributed by atoms with van der Waals surface area (Å²) in [6.07, 6.45) is 1.98. The van der Waals surface area contributed by atoms with Gasteiger partial charge < -0.3 is 10.2 Å². The molecule has 0 spiro atoms. The van der Waals surface area contributed by atoms with Gasteiger partial charge in [0.1, 0.15) is 5.03 Å². The lowest BCUT2D eigenvalue weighted by Gasteiger charge is -2.27. The van der Waals surface area contributed by atoms with Crippen molar-refractivity contribution in [2.45, 2.75) is 24.4 Å². The van der Waals surface area contributed by atoms with Gasteiger partial charge in [0.15, 0.2) is 0 Å². The number of amides is 2. The van der Waals surface area contributed by atoms with E-state index in [0.29, 0.717) is 5.69 Å². The quantitative estimate of drug-likeness (QED) is 0.706. The molecule has 6 nitrogen and oxygen atoms in total. The number of fused-ring (bicyclic) bond motifs is 2. The van der Waals surface area contributed by atoms with E-state index in [1.54, 1.807) is 11.1 Å². The molecule has 7 heteroatoms. The molecule has 27 heavy (non-hydrogen) atoms. The van der Waals surface area contributed by atoms with E-state index in [0.717, 1.165) is 21.5 Å². The van der Waals surface area contributed by atoms with Crippen LogP contribution in [0.25, 0.3) is 10.8 Å². The number of nitrogens with one attached hydrogen (secondary N) is 1. The third-order valence-corrected chi connectivity index (χ3v) is 5.46. The molecular formula is C20H18N4O2S. The average Bonchev–Trinajstić information content (AvgIpc) is 2.80. The van der Waals surface area contributed by atoms with Crippen LogP contribution in [0.1, 0.15) is 13.3 Å². The summed E-state index contributed by atoms with van der Waals surface area (Å²) in [6, 6.07) is 15.0. The molecule has 0 bridgehead atoms. The van der Waals surface area contributed by atoms with Crippen LogP contribution in [-0.4, -0.2) is 33.8 Å². The second-order valence-corrected chi connectivity index (χ2v) is 7.37. The van der Waals surface area contributed by atoms with Crippen molar-refractivity contribution in [3.8, 4) is 0 Å². The molecule has 1 aromatic heterocycles. The Morgan fingerprint density at radius 1 is 1.22 bits per heavy atom. The third kappa shape index (κ3) is 3.50. The second kappa shape index (κ2) is 7.36. The van der Waals surface area contributed by atoms with Crippen LogP contribution in [0.5, 0.6) is 0 Å². The standard InChI is InChI=1S/C20H18N4O2S/c1-13-10-18(25)22-16-8-4-5-9-17(16)24(13)19(26)12-27-20-15-7-3-2-6-14(15)11-21-23-20/h2-9,11,13H,10,12H2,1H3,(H,22,25). The first-order valence-corrected chi connectivity index (χ1v) is 9.66. The van der Waals surface area contributed by atoms with Crippen molar-refractivity contribution >= 4 is 45.7 Å². The zero-order valence-corrected chi connectivity index (χ0v) is 15.6. The molecule has 2 amide bonds. The summed E-state index contributed by atoms with van der Waals surface area (Å²) in [4.78, 5) is 26.8. The number of benzene rings is 2. The van der Waals surface area contributed by atoms with E-state index in [1.165, 1.54) is 11.8 Å². The number of carbonyl (C=O) groups is 2. The van der Waals surface area contributed by atoms with E-state index in [-0.39, 0.29) is 30.0 Å². The number of carbonyl (C=O) groups excluding carboxylic acids is 2. The number of hydrogen-bond donors (Lipinski definition) is 1. The molecule has 1 atom stereocenters. The smallest absolute Gasteiger partial charge is 0.237 e. The van der Waals surface area contributed by atoms with Gasteiger partial charge in [-0.15, -0.1) is 5.10 Å². The minimum Gasteiger partial charge on any atom is -0.324 e. The fraction of sp³-hybridized carbons (Fsp3) is 0.200. The molecule has 0 aliphatic carbocycles. The zero-order valence-electron chi connectivity index (χ0n) is 14.8. The van der Waals surface area contributed by atoms with Crippen molar-refractivity contribution in [2.24, 2.45) is 0 Å². The monoisotopic (exact) mass is 378 g/mol. The summed E-state index contributed by atoms with van der Waals surface area (Å²) in [6.45, 7) is 1.89. The van der Waals surface area contributed by atoms with Gasteiger partial charge in [0.05, 0.1) is 23.3 Å². The van der Waals surface area contributed by atoms with Gasteiger partial charge in [-0.3, -0.25) is 9.59 Å². The Balaban J connectivity index is 1.59. The van der Waals surface area contributed by atoms with E-state index in [9.17, 15) is 9.59 Å². The van der Waals surface area contributed by atoms with Gasteiger partial charge in [-0.25, -0.2) is 0 Å². The molecular weight excluding hydrogens is 360 g/mol. The highest BCUT2D eigenvalue weighted by Gasteiger charge is 2.29. The molecule has 1 unspecified atom stereocenters. The minimum absolute atomic E-state index is 0.0637. The van der Waals surface area contributed by atoms with Gasteiger partial charge in [-0.1, -0.05) is 48.2 Å². The lowest BCUT2D eigenvalue weighted by Crippen LogP contribution is -2.40. The van der Waals surface area contributed by atoms with Crippen LogP contribution in [0, 0.1) is 0 Å². The molecule has 1 N–H and O–H groups in total. The number of hydrogen-bond acceptors (Lipinski definition) is 5. The Labute approximate surface area is 161 Å². The predicted octanol–water partition coefficient (Wildman–Crippen LogP) is 3.49. The molecule has 2 heterocycles. The number of aromatic nitrogens is 2. The van der Waals surface area contributed by atoms with Crippen LogP contribution < -0.4 is 10.2 Å². The molecule has 0 fully saturated rings. The molecule has 1 aliphatic rings. The first kappa shape index (κ1) is 17.5. The summed E-state index contributed by atoms with van der Waals surface area (Å²) < 4.78 is 0. The molecule has 0 radical (unpaired) electrons. The van der Waals surface area contributed by atoms with E-state index in [2.05, 4.69) is 15.5 Å². The maximum Gasteiger partial charge on any atom is 0.237 e. The van der Waals surface area contributed by atoms with Crippen molar-refractivity contribution < 1.29 is 9.59 Å². The highest BCUT2D eigenvalue weighted by Crippen LogP contribution is 2.32. The van der Waals surface area contributed by atoms with Gasteiger partial charge in [-0.2, -0.15) is 5.10 Å². The van der Waals surface area contributed by atoms with Crippen LogP contribution >= 0.6 is 11.8 Å². The first-order chi connectivity index (χ1) is 13.1. The Hall–Kier alpha value is -2.93. The van der Waals surface area contributed by atoms with E-state index >= 15 is 0 Å². The van der Waals surface area contributed by atoms with Crippen molar-refractivity contribution in [1.82, 2.24) is 10.2 Å². The normalized spacial score (nSPS) is 16.6. The Morgan fingerprint density at radius 2 is 2.00 bits per heavy atom. The number of thioether (sulfide) groups is 1. The Morgan fingerprint density at radius 3 is 2.89 bits per heavy atom. The fourth-order valence-corrected chi connectivity index (χ4v) is 4.12. The van der Waals surface area contributed by atoms with E-state index in [1.807, 2.05) is 55.5 Å². The maximum absolute atomic E-state index is 13.1. The summed E-state index contributed by atoms with van der Waals surface area (Å²) in [7, 11) is 0. The molecule has 4 rings (SSSR count). The van der Waals surface area contributed by atoms with Crippen molar-refractivity contribution in [3.63, 3.8) is 0 Å². The largest absolute Gasteiger partial charge is 0.324 e. The van der Waals surface area contributed by atoms with Crippen molar-refractivity contribution in [2.75, 3.05) is 16.0 Å². The Kier molecular flexibility index (Phi) is 4.77. The fourth-order valence-electron chi connectivity index (χ4n) is 3.28. The zero-order chi connectivity index (χ0) is 18.8. The SMILES string of the molecule is CC1CC(=O)Nc2ccccc2N1C(=O)CSc1nncc2ccccc12. The van der Waals surface area contributed by atoms with Gasteiger partial charge in [-0.05, 0) is 19.1 Å². The van der Waals surface area contributed by atoms with Crippen LogP contribution in [0.15, 0.2) is 59.8 Å². The Bertz CT molecular complexity index is 1020. The summed E-state index contributed by atoms with van der Waals surface area (Å²) in [5.74, 6) is 0.0687. The molecule has 0 saturated heterocycles. The number of nitrogens with zero attached hydrogens (tertiary/aromatic N) is 3. The van der Waals surface area contributed by atoms with Gasteiger partial charge in [0.25, 0.3) is 0 Å². The van der Waals surface area contributed by atoms with Gasteiger partial charge in [0.2, 0.25) is 11.8 Å². The molecule has 3 aromatic rings. The molecule has 136 valence electrons. The second-order valence-electron chi connectivity index (χ2n) is 6.41. The van der Waals surface area contributed by atoms with Gasteiger partial charge >= 0.3 is 0 Å². The summed E-state index contributed by atoms with van der Waals surface area (Å²) >= 11 is 1.37. The third-order valence-electron chi connectivity index (χ3n) is 4.50.